The van der Waals surface area contributed by atoms with Crippen molar-refractivity contribution in [2.45, 2.75) is 33.6 Å². The van der Waals surface area contributed by atoms with E-state index in [4.69, 9.17) is 5.11 Å². The zero-order chi connectivity index (χ0) is 11.8. The summed E-state index contributed by atoms with van der Waals surface area (Å²) >= 11 is 0. The summed E-state index contributed by atoms with van der Waals surface area (Å²) in [6.45, 7) is 9.70. The van der Waals surface area contributed by atoms with Crippen LogP contribution in [0.15, 0.2) is 36.0 Å². The number of allylic oxidation sites excluding steroid dienone is 3. The minimum Gasteiger partial charge on any atom is -0.478 e. The Morgan fingerprint density at radius 1 is 1.33 bits per heavy atom. The molecule has 0 atom stereocenters. The number of carbonyl (C=O) groups is 1. The molecule has 2 nitrogen and oxygen atoms in total. The Balaban J connectivity index is 4.60. The van der Waals surface area contributed by atoms with Gasteiger partial charge in [-0.3, -0.25) is 0 Å². The van der Waals surface area contributed by atoms with Crippen LogP contribution in [0.25, 0.3) is 0 Å². The highest BCUT2D eigenvalue weighted by molar-refractivity contribution is 5.89. The lowest BCUT2D eigenvalue weighted by Gasteiger charge is -2.13. The highest BCUT2D eigenvalue weighted by Crippen LogP contribution is 2.20. The number of hydrogen-bond donors (Lipinski definition) is 1. The normalized spacial score (nSPS) is 12.4. The molecule has 0 unspecified atom stereocenters. The maximum Gasteiger partial charge on any atom is 0.335 e. The van der Waals surface area contributed by atoms with Crippen LogP contribution in [0.4, 0.5) is 0 Å². The second-order valence-corrected chi connectivity index (χ2v) is 3.47. The third-order valence-corrected chi connectivity index (χ3v) is 2.54. The van der Waals surface area contributed by atoms with Gasteiger partial charge in [0.05, 0.1) is 5.57 Å². The number of carboxylic acid groups (broad SMARTS) is 1. The molecule has 0 aliphatic heterocycles. The van der Waals surface area contributed by atoms with E-state index in [2.05, 4.69) is 20.4 Å². The molecular weight excluding hydrogens is 188 g/mol. The zero-order valence-corrected chi connectivity index (χ0v) is 9.79. The third kappa shape index (κ3) is 4.63. The van der Waals surface area contributed by atoms with Crippen molar-refractivity contribution in [2.24, 2.45) is 5.92 Å². The summed E-state index contributed by atoms with van der Waals surface area (Å²) < 4.78 is 0. The summed E-state index contributed by atoms with van der Waals surface area (Å²) in [5.41, 5.74) is 1.31. The monoisotopic (exact) mass is 208 g/mol. The van der Waals surface area contributed by atoms with Crippen LogP contribution < -0.4 is 0 Å². The largest absolute Gasteiger partial charge is 0.478 e. The van der Waals surface area contributed by atoms with Crippen LogP contribution in [0.1, 0.15) is 33.6 Å². The topological polar surface area (TPSA) is 37.3 Å². The lowest BCUT2D eigenvalue weighted by Crippen LogP contribution is -2.00. The fraction of sp³-hybridized carbons (Fsp3) is 0.462. The Kier molecular flexibility index (Phi) is 6.43. The molecule has 0 aliphatic rings. The van der Waals surface area contributed by atoms with Crippen molar-refractivity contribution < 1.29 is 9.90 Å². The fourth-order valence-corrected chi connectivity index (χ4v) is 1.50. The first-order valence-electron chi connectivity index (χ1n) is 5.33. The summed E-state index contributed by atoms with van der Waals surface area (Å²) in [5.74, 6) is -0.459. The average Bonchev–Trinajstić information content (AvgIpc) is 2.23. The van der Waals surface area contributed by atoms with E-state index in [9.17, 15) is 4.79 Å². The van der Waals surface area contributed by atoms with Gasteiger partial charge < -0.3 is 5.11 Å². The van der Waals surface area contributed by atoms with Crippen LogP contribution in [0.5, 0.6) is 0 Å². The Morgan fingerprint density at radius 3 is 2.20 bits per heavy atom. The maximum absolute atomic E-state index is 10.5. The third-order valence-electron chi connectivity index (χ3n) is 2.54. The first-order chi connectivity index (χ1) is 7.06. The Morgan fingerprint density at radius 2 is 1.87 bits per heavy atom. The highest BCUT2D eigenvalue weighted by Gasteiger charge is 2.06. The minimum atomic E-state index is -0.966. The summed E-state index contributed by atoms with van der Waals surface area (Å²) in [6.07, 6.45) is 7.59. The molecule has 0 aromatic carbocycles. The van der Waals surface area contributed by atoms with Gasteiger partial charge in [-0.15, -0.1) is 0 Å². The SMILES string of the molecule is C=C(/C=C\C(=C/C)C(CC)CC)C(=O)O. The van der Waals surface area contributed by atoms with E-state index in [1.807, 2.05) is 19.1 Å². The van der Waals surface area contributed by atoms with Crippen molar-refractivity contribution in [3.63, 3.8) is 0 Å². The molecule has 0 aromatic rings. The minimum absolute atomic E-state index is 0.125. The smallest absolute Gasteiger partial charge is 0.335 e. The number of hydrogen-bond acceptors (Lipinski definition) is 1. The standard InChI is InChI=1S/C13H20O2/c1-5-11(6-2)12(7-3)9-8-10(4)13(14)15/h7-9,11H,4-6H2,1-3H3,(H,14,15)/b9-8-,12-7+. The van der Waals surface area contributed by atoms with E-state index in [0.29, 0.717) is 5.92 Å². The van der Waals surface area contributed by atoms with Crippen molar-refractivity contribution in [3.8, 4) is 0 Å². The maximum atomic E-state index is 10.5. The Bertz CT molecular complexity index is 281. The fourth-order valence-electron chi connectivity index (χ4n) is 1.50. The molecule has 0 saturated carbocycles. The molecule has 1 N–H and O–H groups in total. The first-order valence-corrected chi connectivity index (χ1v) is 5.33. The molecule has 15 heavy (non-hydrogen) atoms. The predicted molar refractivity (Wildman–Crippen MR) is 63.7 cm³/mol. The predicted octanol–water partition coefficient (Wildman–Crippen LogP) is 3.57. The van der Waals surface area contributed by atoms with Gasteiger partial charge in [-0.1, -0.05) is 32.6 Å². The average molecular weight is 208 g/mol. The molecule has 0 rings (SSSR count). The van der Waals surface area contributed by atoms with Gasteiger partial charge in [0.25, 0.3) is 0 Å². The molecule has 0 aliphatic carbocycles. The molecule has 2 heteroatoms. The summed E-state index contributed by atoms with van der Waals surface area (Å²) in [6, 6.07) is 0. The van der Waals surface area contributed by atoms with E-state index in [1.165, 1.54) is 5.57 Å². The van der Waals surface area contributed by atoms with Crippen LogP contribution in [0, 0.1) is 5.92 Å². The Hall–Kier alpha value is -1.31. The summed E-state index contributed by atoms with van der Waals surface area (Å²) in [7, 11) is 0. The molecule has 0 saturated heterocycles. The van der Waals surface area contributed by atoms with Crippen molar-refractivity contribution in [1.29, 1.82) is 0 Å². The van der Waals surface area contributed by atoms with Gasteiger partial charge in [0.1, 0.15) is 0 Å². The molecule has 0 bridgehead atoms. The van der Waals surface area contributed by atoms with E-state index in [0.717, 1.165) is 12.8 Å². The number of carboxylic acids is 1. The van der Waals surface area contributed by atoms with Crippen molar-refractivity contribution in [3.05, 3.63) is 36.0 Å². The van der Waals surface area contributed by atoms with Gasteiger partial charge in [-0.25, -0.2) is 4.79 Å². The van der Waals surface area contributed by atoms with Crippen molar-refractivity contribution in [2.75, 3.05) is 0 Å². The number of aliphatic carboxylic acids is 1. The molecule has 84 valence electrons. The van der Waals surface area contributed by atoms with Crippen LogP contribution >= 0.6 is 0 Å². The highest BCUT2D eigenvalue weighted by atomic mass is 16.4. The van der Waals surface area contributed by atoms with Gasteiger partial charge in [-0.2, -0.15) is 0 Å². The molecule has 0 spiro atoms. The van der Waals surface area contributed by atoms with Crippen LogP contribution in [-0.4, -0.2) is 11.1 Å². The van der Waals surface area contributed by atoms with Crippen LogP contribution in [-0.2, 0) is 4.79 Å². The molecule has 0 aromatic heterocycles. The molecule has 0 radical (unpaired) electrons. The van der Waals surface area contributed by atoms with Gasteiger partial charge in [-0.05, 0) is 37.3 Å². The second-order valence-electron chi connectivity index (χ2n) is 3.47. The first kappa shape index (κ1) is 13.7. The summed E-state index contributed by atoms with van der Waals surface area (Å²) in [4.78, 5) is 10.5. The second kappa shape index (κ2) is 7.04. The molecule has 0 fully saturated rings. The van der Waals surface area contributed by atoms with Crippen LogP contribution in [0.3, 0.4) is 0 Å². The van der Waals surface area contributed by atoms with Gasteiger partial charge in [0.15, 0.2) is 0 Å². The van der Waals surface area contributed by atoms with Crippen molar-refractivity contribution in [1.82, 2.24) is 0 Å². The van der Waals surface area contributed by atoms with Gasteiger partial charge in [0.2, 0.25) is 0 Å². The quantitative estimate of drug-likeness (QED) is 0.535. The lowest BCUT2D eigenvalue weighted by molar-refractivity contribution is -0.132. The number of rotatable bonds is 6. The van der Waals surface area contributed by atoms with Gasteiger partial charge >= 0.3 is 5.97 Å². The van der Waals surface area contributed by atoms with Crippen LogP contribution in [0.2, 0.25) is 0 Å². The summed E-state index contributed by atoms with van der Waals surface area (Å²) in [5, 5.41) is 8.65. The van der Waals surface area contributed by atoms with E-state index < -0.39 is 5.97 Å². The zero-order valence-electron chi connectivity index (χ0n) is 9.79. The Labute approximate surface area is 92.0 Å². The molecular formula is C13H20O2. The van der Waals surface area contributed by atoms with Crippen molar-refractivity contribution >= 4 is 5.97 Å². The van der Waals surface area contributed by atoms with E-state index in [-0.39, 0.29) is 5.57 Å². The molecule has 0 heterocycles. The van der Waals surface area contributed by atoms with E-state index in [1.54, 1.807) is 6.08 Å². The lowest BCUT2D eigenvalue weighted by atomic mass is 9.93. The van der Waals surface area contributed by atoms with Gasteiger partial charge in [0, 0.05) is 0 Å². The molecule has 0 amide bonds. The van der Waals surface area contributed by atoms with E-state index >= 15 is 0 Å².